The molecule has 8 nitrogen and oxygen atoms in total. The van der Waals surface area contributed by atoms with Gasteiger partial charge in [-0.1, -0.05) is 69.7 Å². The summed E-state index contributed by atoms with van der Waals surface area (Å²) in [6.45, 7) is 0.0474. The highest BCUT2D eigenvalue weighted by molar-refractivity contribution is 9.10. The van der Waals surface area contributed by atoms with Crippen LogP contribution in [0.25, 0.3) is 15.8 Å². The largest absolute Gasteiger partial charge is 0.481 e. The van der Waals surface area contributed by atoms with Gasteiger partial charge in [-0.25, -0.2) is 9.78 Å². The Balaban J connectivity index is 1.36. The Morgan fingerprint density at radius 1 is 0.976 bits per heavy atom. The number of halogens is 1. The molecule has 0 aliphatic heterocycles. The predicted molar refractivity (Wildman–Crippen MR) is 165 cm³/mol. The lowest BCUT2D eigenvalue weighted by Gasteiger charge is -2.21. The maximum Gasteiger partial charge on any atom is 0.321 e. The average molecular weight is 634 g/mol. The second-order valence-corrected chi connectivity index (χ2v) is 11.7. The van der Waals surface area contributed by atoms with E-state index < -0.39 is 18.0 Å². The van der Waals surface area contributed by atoms with E-state index in [0.29, 0.717) is 10.7 Å². The number of urea groups is 1. The van der Waals surface area contributed by atoms with Crippen molar-refractivity contribution in [1.29, 1.82) is 0 Å². The van der Waals surface area contributed by atoms with E-state index in [-0.39, 0.29) is 18.9 Å². The maximum atomic E-state index is 13.2. The molecular weight excluding hydrogens is 604 g/mol. The van der Waals surface area contributed by atoms with E-state index in [1.54, 1.807) is 24.3 Å². The average Bonchev–Trinajstić information content (AvgIpc) is 3.37. The van der Waals surface area contributed by atoms with Gasteiger partial charge in [-0.05, 0) is 78.3 Å². The third kappa shape index (κ3) is 7.39. The first kappa shape index (κ1) is 28.5. The minimum absolute atomic E-state index is 0.0474. The summed E-state index contributed by atoms with van der Waals surface area (Å²) in [4.78, 5) is 40.9. The Hall–Kier alpha value is -4.02. The molecule has 10 heteroatoms. The Kier molecular flexibility index (Phi) is 9.11. The van der Waals surface area contributed by atoms with Gasteiger partial charge in [0.2, 0.25) is 0 Å². The van der Waals surface area contributed by atoms with Crippen molar-refractivity contribution in [1.82, 2.24) is 15.6 Å². The van der Waals surface area contributed by atoms with Gasteiger partial charge in [0.05, 0.1) is 22.7 Å². The van der Waals surface area contributed by atoms with Crippen LogP contribution in [0.15, 0.2) is 77.3 Å². The van der Waals surface area contributed by atoms with E-state index in [1.165, 1.54) is 35.3 Å². The number of thiazole rings is 1. The summed E-state index contributed by atoms with van der Waals surface area (Å²) in [6, 6.07) is 20.1. The van der Waals surface area contributed by atoms with E-state index in [1.807, 2.05) is 30.3 Å². The molecule has 0 saturated heterocycles. The topological polar surface area (TPSA) is 120 Å². The summed E-state index contributed by atoms with van der Waals surface area (Å²) in [5.41, 5.74) is 5.42. The van der Waals surface area contributed by atoms with E-state index in [2.05, 4.69) is 55.1 Å². The molecule has 1 unspecified atom stereocenters. The minimum atomic E-state index is -0.975. The van der Waals surface area contributed by atoms with Crippen LogP contribution in [0.2, 0.25) is 0 Å². The molecule has 4 N–H and O–H groups in total. The molecule has 0 saturated carbocycles. The van der Waals surface area contributed by atoms with Gasteiger partial charge in [0, 0.05) is 16.6 Å². The normalized spacial score (nSPS) is 13.7. The molecule has 3 aromatic carbocycles. The van der Waals surface area contributed by atoms with Crippen molar-refractivity contribution in [3.05, 3.63) is 99.5 Å². The first-order chi connectivity index (χ1) is 19.9. The quantitative estimate of drug-likeness (QED) is 0.156. The molecule has 3 amide bonds. The first-order valence-electron chi connectivity index (χ1n) is 13.4. The van der Waals surface area contributed by atoms with Gasteiger partial charge in [0.15, 0.2) is 5.13 Å². The number of nitrogens with zero attached hydrogens (tertiary/aromatic N) is 1. The number of anilines is 1. The van der Waals surface area contributed by atoms with Crippen LogP contribution in [0.5, 0.6) is 0 Å². The van der Waals surface area contributed by atoms with Crippen molar-refractivity contribution in [2.75, 3.05) is 11.9 Å². The fraction of sp³-hybridized carbons (Fsp3) is 0.226. The minimum Gasteiger partial charge on any atom is -0.481 e. The summed E-state index contributed by atoms with van der Waals surface area (Å²) >= 11 is 4.84. The molecule has 1 aliphatic carbocycles. The summed E-state index contributed by atoms with van der Waals surface area (Å²) in [5, 5.41) is 17.8. The van der Waals surface area contributed by atoms with E-state index in [9.17, 15) is 14.4 Å². The fourth-order valence-corrected chi connectivity index (χ4v) is 5.97. The molecule has 1 aromatic heterocycles. The van der Waals surface area contributed by atoms with Crippen molar-refractivity contribution in [3.63, 3.8) is 0 Å². The van der Waals surface area contributed by atoms with Gasteiger partial charge in [0.25, 0.3) is 5.91 Å². The molecule has 0 bridgehead atoms. The van der Waals surface area contributed by atoms with Crippen LogP contribution in [0, 0.1) is 0 Å². The molecule has 1 aliphatic rings. The molecule has 4 aromatic rings. The van der Waals surface area contributed by atoms with E-state index >= 15 is 0 Å². The smallest absolute Gasteiger partial charge is 0.321 e. The zero-order chi connectivity index (χ0) is 28.8. The zero-order valence-electron chi connectivity index (χ0n) is 22.2. The van der Waals surface area contributed by atoms with Crippen LogP contribution in [-0.4, -0.2) is 34.5 Å². The SMILES string of the molecule is O=C(O)CCNC(=O)c1ccc(C(NC(=O)Nc2nc3cc(Br)ccc3s2)c2ccc(C3=CCCCC3)cc2)cc1. The number of fused-ring (bicyclic) bond motifs is 1. The van der Waals surface area contributed by atoms with Crippen LogP contribution in [0.1, 0.15) is 65.2 Å². The molecule has 5 rings (SSSR count). The number of carboxylic acid groups (broad SMARTS) is 1. The molecule has 1 heterocycles. The number of aromatic nitrogens is 1. The molecule has 0 fully saturated rings. The summed E-state index contributed by atoms with van der Waals surface area (Å²) < 4.78 is 1.88. The molecule has 0 spiro atoms. The number of hydrogen-bond donors (Lipinski definition) is 4. The molecule has 1 atom stereocenters. The van der Waals surface area contributed by atoms with Crippen LogP contribution < -0.4 is 16.0 Å². The number of amides is 3. The van der Waals surface area contributed by atoms with Crippen LogP contribution >= 0.6 is 27.3 Å². The Bertz CT molecular complexity index is 1600. The lowest BCUT2D eigenvalue weighted by molar-refractivity contribution is -0.136. The Morgan fingerprint density at radius 3 is 2.39 bits per heavy atom. The molecule has 210 valence electrons. The van der Waals surface area contributed by atoms with Crippen molar-refractivity contribution >= 4 is 66.1 Å². The number of allylic oxidation sites excluding steroid dienone is 2. The number of rotatable bonds is 9. The van der Waals surface area contributed by atoms with Crippen molar-refractivity contribution in [2.24, 2.45) is 0 Å². The van der Waals surface area contributed by atoms with Crippen molar-refractivity contribution < 1.29 is 19.5 Å². The number of carbonyl (C=O) groups is 3. The van der Waals surface area contributed by atoms with E-state index in [0.717, 1.165) is 38.7 Å². The standard InChI is InChI=1S/C31H29BrN4O4S/c32-24-14-15-26-25(18-24)34-31(41-26)36-30(40)35-28(21-8-6-20(7-9-21)19-4-2-1-3-5-19)22-10-12-23(13-11-22)29(39)33-17-16-27(37)38/h4,6-15,18,28H,1-3,5,16-17H2,(H,33,39)(H,37,38)(H2,34,35,36,40). The fourth-order valence-electron chi connectivity index (χ4n) is 4.78. The van der Waals surface area contributed by atoms with Gasteiger partial charge in [-0.2, -0.15) is 0 Å². The summed E-state index contributed by atoms with van der Waals surface area (Å²) in [6.07, 6.45) is 6.74. The molecular formula is C31H29BrN4O4S. The van der Waals surface area contributed by atoms with Gasteiger partial charge < -0.3 is 15.7 Å². The van der Waals surface area contributed by atoms with Crippen molar-refractivity contribution in [2.45, 2.75) is 38.1 Å². The highest BCUT2D eigenvalue weighted by Crippen LogP contribution is 2.31. The number of aliphatic carboxylic acids is 1. The Labute approximate surface area is 250 Å². The summed E-state index contributed by atoms with van der Waals surface area (Å²) in [7, 11) is 0. The third-order valence-electron chi connectivity index (χ3n) is 6.88. The van der Waals surface area contributed by atoms with Crippen LogP contribution in [0.3, 0.4) is 0 Å². The molecule has 0 radical (unpaired) electrons. The predicted octanol–water partition coefficient (Wildman–Crippen LogP) is 7.13. The number of hydrogen-bond acceptors (Lipinski definition) is 5. The number of carboxylic acids is 1. The number of carbonyl (C=O) groups excluding carboxylic acids is 2. The maximum absolute atomic E-state index is 13.2. The summed E-state index contributed by atoms with van der Waals surface area (Å²) in [5.74, 6) is -1.33. The van der Waals surface area contributed by atoms with Crippen LogP contribution in [0.4, 0.5) is 9.93 Å². The van der Waals surface area contributed by atoms with Gasteiger partial charge >= 0.3 is 12.0 Å². The number of benzene rings is 3. The highest BCUT2D eigenvalue weighted by atomic mass is 79.9. The Morgan fingerprint density at radius 2 is 1.71 bits per heavy atom. The monoisotopic (exact) mass is 632 g/mol. The van der Waals surface area contributed by atoms with Gasteiger partial charge in [0.1, 0.15) is 0 Å². The van der Waals surface area contributed by atoms with Crippen LogP contribution in [-0.2, 0) is 4.79 Å². The van der Waals surface area contributed by atoms with Crippen molar-refractivity contribution in [3.8, 4) is 0 Å². The highest BCUT2D eigenvalue weighted by Gasteiger charge is 2.19. The lowest BCUT2D eigenvalue weighted by atomic mass is 9.91. The van der Waals surface area contributed by atoms with E-state index in [4.69, 9.17) is 5.11 Å². The molecule has 41 heavy (non-hydrogen) atoms. The first-order valence-corrected chi connectivity index (χ1v) is 15.0. The van der Waals surface area contributed by atoms with Gasteiger partial charge in [-0.3, -0.25) is 14.9 Å². The third-order valence-corrected chi connectivity index (χ3v) is 8.33. The lowest BCUT2D eigenvalue weighted by Crippen LogP contribution is -2.33. The second kappa shape index (κ2) is 13.1. The van der Waals surface area contributed by atoms with Gasteiger partial charge in [-0.15, -0.1) is 0 Å². The second-order valence-electron chi connectivity index (χ2n) is 9.78. The zero-order valence-corrected chi connectivity index (χ0v) is 24.6. The number of nitrogens with one attached hydrogen (secondary N) is 3.